The van der Waals surface area contributed by atoms with E-state index in [1.165, 1.54) is 18.2 Å². The largest absolute Gasteiger partial charge is 0.465 e. The summed E-state index contributed by atoms with van der Waals surface area (Å²) in [7, 11) is -4.02. The summed E-state index contributed by atoms with van der Waals surface area (Å²) in [5.74, 6) is 1.37. The molecule has 0 radical (unpaired) electrons. The normalized spacial score (nSPS) is 10.7. The molecule has 2 rings (SSSR count). The fourth-order valence-electron chi connectivity index (χ4n) is 1.45. The molecule has 0 aliphatic rings. The number of aryl methyl sites for hydroxylation is 3. The van der Waals surface area contributed by atoms with E-state index in [0.717, 1.165) is 5.56 Å². The molecule has 1 heterocycles. The van der Waals surface area contributed by atoms with Crippen LogP contribution >= 0.6 is 22.6 Å². The van der Waals surface area contributed by atoms with E-state index in [4.69, 9.17) is 8.97 Å². The first-order valence-electron chi connectivity index (χ1n) is 5.92. The Morgan fingerprint density at radius 1 is 1.10 bits per heavy atom. The first kappa shape index (κ1) is 17.9. The van der Waals surface area contributed by atoms with Crippen molar-refractivity contribution in [3.05, 3.63) is 61.2 Å². The van der Waals surface area contributed by atoms with Crippen molar-refractivity contribution in [2.75, 3.05) is 0 Å². The molecule has 0 amide bonds. The minimum Gasteiger partial charge on any atom is -0.465 e. The molecular formula is C14H15IO5S. The molecule has 0 atom stereocenters. The van der Waals surface area contributed by atoms with Crippen molar-refractivity contribution in [1.29, 1.82) is 0 Å². The van der Waals surface area contributed by atoms with E-state index < -0.39 is 10.1 Å². The van der Waals surface area contributed by atoms with Gasteiger partial charge in [-0.05, 0) is 55.5 Å². The van der Waals surface area contributed by atoms with Crippen LogP contribution in [0, 0.1) is 24.3 Å². The molecule has 0 aliphatic heterocycles. The molecule has 1 N–H and O–H groups in total. The van der Waals surface area contributed by atoms with Crippen LogP contribution in [0.2, 0.25) is 0 Å². The van der Waals surface area contributed by atoms with E-state index in [2.05, 4.69) is 0 Å². The molecule has 1 aromatic heterocycles. The molecule has 0 unspecified atom stereocenters. The summed E-state index contributed by atoms with van der Waals surface area (Å²) in [4.78, 5) is 10.9. The average molecular weight is 422 g/mol. The zero-order valence-electron chi connectivity index (χ0n) is 11.8. The zero-order valence-corrected chi connectivity index (χ0v) is 14.7. The number of hydrogen-bond acceptors (Lipinski definition) is 4. The summed E-state index contributed by atoms with van der Waals surface area (Å²) in [6.45, 7) is 5.40. The van der Waals surface area contributed by atoms with Crippen LogP contribution in [0.15, 0.2) is 44.4 Å². The van der Waals surface area contributed by atoms with E-state index in [1.54, 1.807) is 26.0 Å². The van der Waals surface area contributed by atoms with Gasteiger partial charge in [0.05, 0.1) is 8.47 Å². The molecule has 0 fully saturated rings. The van der Waals surface area contributed by atoms with E-state index in [1.807, 2.05) is 29.5 Å². The topological polar surface area (TPSA) is 84.6 Å². The lowest BCUT2D eigenvalue weighted by atomic mass is 10.2. The second-order valence-corrected chi connectivity index (χ2v) is 6.88. The predicted molar refractivity (Wildman–Crippen MR) is 88.2 cm³/mol. The van der Waals surface area contributed by atoms with Gasteiger partial charge in [0, 0.05) is 6.07 Å². The third kappa shape index (κ3) is 5.60. The maximum Gasteiger partial charge on any atom is 0.294 e. The maximum absolute atomic E-state index is 11.0. The second-order valence-electron chi connectivity index (χ2n) is 4.38. The minimum atomic E-state index is -4.02. The van der Waals surface area contributed by atoms with Gasteiger partial charge in [-0.1, -0.05) is 17.7 Å². The van der Waals surface area contributed by atoms with Gasteiger partial charge in [-0.15, -0.1) is 0 Å². The van der Waals surface area contributed by atoms with Crippen LogP contribution in [0.4, 0.5) is 0 Å². The Bertz CT molecular complexity index is 776. The Kier molecular flexibility index (Phi) is 6.11. The molecule has 0 saturated carbocycles. The summed E-state index contributed by atoms with van der Waals surface area (Å²) in [5.41, 5.74) is 0.999. The first-order valence-corrected chi connectivity index (χ1v) is 8.44. The van der Waals surface area contributed by atoms with Crippen molar-refractivity contribution in [1.82, 2.24) is 0 Å². The Morgan fingerprint density at radius 2 is 1.62 bits per heavy atom. The van der Waals surface area contributed by atoms with Crippen LogP contribution in [-0.2, 0) is 10.1 Å². The van der Waals surface area contributed by atoms with Crippen molar-refractivity contribution in [3.8, 4) is 0 Å². The van der Waals surface area contributed by atoms with Gasteiger partial charge in [-0.2, -0.15) is 8.42 Å². The summed E-state index contributed by atoms with van der Waals surface area (Å²) in [5, 5.41) is 0. The van der Waals surface area contributed by atoms with Crippen LogP contribution in [0.25, 0.3) is 0 Å². The predicted octanol–water partition coefficient (Wildman–Crippen LogP) is 3.10. The highest BCUT2D eigenvalue weighted by Crippen LogP contribution is 2.08. The Morgan fingerprint density at radius 3 is 2.05 bits per heavy atom. The Hall–Kier alpha value is -1.19. The number of hydrogen-bond donors (Lipinski definition) is 1. The monoisotopic (exact) mass is 422 g/mol. The standard InChI is InChI=1S/C7H7IO2.C7H8O3S/c1-4-3-6(9)7(8)5(2)10-4;1-6-2-4-7(5-3-6)11(8,9)10/h3H,1-2H3;2-5H,1H3,(H,8,9,10). The molecule has 7 heteroatoms. The fraction of sp³-hybridized carbons (Fsp3) is 0.214. The first-order chi connectivity index (χ1) is 9.61. The van der Waals surface area contributed by atoms with Gasteiger partial charge < -0.3 is 4.42 Å². The van der Waals surface area contributed by atoms with Gasteiger partial charge >= 0.3 is 0 Å². The lowest BCUT2D eigenvalue weighted by molar-refractivity contribution is 0.479. The van der Waals surface area contributed by atoms with Gasteiger partial charge in [0.15, 0.2) is 5.43 Å². The summed E-state index contributed by atoms with van der Waals surface area (Å²) >= 11 is 1.98. The molecule has 0 aliphatic carbocycles. The fourth-order valence-corrected chi connectivity index (χ4v) is 2.19. The Balaban J connectivity index is 0.000000211. The van der Waals surface area contributed by atoms with Crippen LogP contribution in [-0.4, -0.2) is 13.0 Å². The summed E-state index contributed by atoms with van der Waals surface area (Å²) < 4.78 is 35.4. The SMILES string of the molecule is Cc1cc(=O)c(I)c(C)o1.Cc1ccc(S(=O)(=O)O)cc1. The molecular weight excluding hydrogens is 407 g/mol. The number of benzene rings is 1. The van der Waals surface area contributed by atoms with Crippen LogP contribution in [0.5, 0.6) is 0 Å². The maximum atomic E-state index is 11.0. The lowest BCUT2D eigenvalue weighted by Crippen LogP contribution is -2.05. The summed E-state index contributed by atoms with van der Waals surface area (Å²) in [6, 6.07) is 7.48. The molecule has 0 spiro atoms. The highest BCUT2D eigenvalue weighted by atomic mass is 127. The molecule has 2 aromatic rings. The van der Waals surface area contributed by atoms with Gasteiger partial charge in [0.1, 0.15) is 11.5 Å². The van der Waals surface area contributed by atoms with Crippen LogP contribution in [0.1, 0.15) is 17.1 Å². The third-order valence-electron chi connectivity index (χ3n) is 2.49. The van der Waals surface area contributed by atoms with Crippen molar-refractivity contribution >= 4 is 32.7 Å². The lowest BCUT2D eigenvalue weighted by Gasteiger charge is -1.96. The van der Waals surface area contributed by atoms with E-state index in [-0.39, 0.29) is 10.3 Å². The molecule has 1 aromatic carbocycles. The highest BCUT2D eigenvalue weighted by molar-refractivity contribution is 14.1. The van der Waals surface area contributed by atoms with Crippen molar-refractivity contribution in [2.24, 2.45) is 0 Å². The van der Waals surface area contributed by atoms with E-state index in [0.29, 0.717) is 15.1 Å². The minimum absolute atomic E-state index is 0.0434. The van der Waals surface area contributed by atoms with Gasteiger partial charge in [0.2, 0.25) is 0 Å². The quantitative estimate of drug-likeness (QED) is 0.564. The molecule has 0 bridgehead atoms. The van der Waals surface area contributed by atoms with Crippen LogP contribution < -0.4 is 5.43 Å². The number of halogens is 1. The smallest absolute Gasteiger partial charge is 0.294 e. The molecule has 21 heavy (non-hydrogen) atoms. The summed E-state index contributed by atoms with van der Waals surface area (Å²) in [6.07, 6.45) is 0. The average Bonchev–Trinajstić information content (AvgIpc) is 2.36. The third-order valence-corrected chi connectivity index (χ3v) is 4.65. The van der Waals surface area contributed by atoms with Gasteiger partial charge in [-0.25, -0.2) is 0 Å². The van der Waals surface area contributed by atoms with Crippen molar-refractivity contribution < 1.29 is 17.4 Å². The number of rotatable bonds is 1. The van der Waals surface area contributed by atoms with Crippen molar-refractivity contribution in [2.45, 2.75) is 25.7 Å². The Labute approximate surface area is 136 Å². The van der Waals surface area contributed by atoms with Gasteiger partial charge in [-0.3, -0.25) is 9.35 Å². The van der Waals surface area contributed by atoms with Crippen molar-refractivity contribution in [3.63, 3.8) is 0 Å². The van der Waals surface area contributed by atoms with Gasteiger partial charge in [0.25, 0.3) is 10.1 Å². The molecule has 0 saturated heterocycles. The van der Waals surface area contributed by atoms with Crippen LogP contribution in [0.3, 0.4) is 0 Å². The molecule has 114 valence electrons. The molecule has 5 nitrogen and oxygen atoms in total. The second kappa shape index (κ2) is 7.19. The van der Waals surface area contributed by atoms with E-state index in [9.17, 15) is 13.2 Å². The zero-order chi connectivity index (χ0) is 16.2. The highest BCUT2D eigenvalue weighted by Gasteiger charge is 2.06. The van der Waals surface area contributed by atoms with E-state index >= 15 is 0 Å².